The second-order valence-corrected chi connectivity index (χ2v) is 5.12. The Morgan fingerprint density at radius 1 is 1.45 bits per heavy atom. The minimum absolute atomic E-state index is 0.212. The summed E-state index contributed by atoms with van der Waals surface area (Å²) in [6.07, 6.45) is 1.01. The Kier molecular flexibility index (Phi) is 4.77. The van der Waals surface area contributed by atoms with Crippen LogP contribution in [0.3, 0.4) is 0 Å². The number of rotatable bonds is 5. The van der Waals surface area contributed by atoms with E-state index in [2.05, 4.69) is 4.90 Å². The molecular weight excluding hydrogens is 158 g/mol. The molecule has 2 nitrogen and oxygen atoms in total. The van der Waals surface area contributed by atoms with Crippen LogP contribution < -0.4 is 0 Å². The summed E-state index contributed by atoms with van der Waals surface area (Å²) in [4.78, 5) is 12.6. The van der Waals surface area contributed by atoms with Crippen LogP contribution in [0.1, 0.15) is 13.8 Å². The predicted octanol–water partition coefficient (Wildman–Crippen LogP) is 1.26. The lowest BCUT2D eigenvalue weighted by Crippen LogP contribution is -2.21. The lowest BCUT2D eigenvalue weighted by molar-refractivity contribution is -0.109. The van der Waals surface area contributed by atoms with Crippen molar-refractivity contribution in [2.45, 2.75) is 18.6 Å². The molecule has 0 aliphatic rings. The van der Waals surface area contributed by atoms with Crippen molar-refractivity contribution in [3.63, 3.8) is 0 Å². The molecule has 0 aromatic heterocycles. The maximum Gasteiger partial charge on any atom is 0.135 e. The van der Waals surface area contributed by atoms with E-state index in [0.717, 1.165) is 18.6 Å². The van der Waals surface area contributed by atoms with Crippen molar-refractivity contribution in [2.75, 3.05) is 26.4 Å². The van der Waals surface area contributed by atoms with Crippen molar-refractivity contribution in [3.8, 4) is 0 Å². The summed E-state index contributed by atoms with van der Waals surface area (Å²) in [7, 11) is 4.07. The van der Waals surface area contributed by atoms with Crippen LogP contribution >= 0.6 is 11.8 Å². The number of aldehydes is 1. The molecule has 66 valence electrons. The van der Waals surface area contributed by atoms with Crippen molar-refractivity contribution in [1.29, 1.82) is 0 Å². The largest absolute Gasteiger partial charge is 0.309 e. The molecule has 0 rings (SSSR count). The Morgan fingerprint density at radius 3 is 2.36 bits per heavy atom. The molecule has 0 fully saturated rings. The number of hydrogen-bond acceptors (Lipinski definition) is 3. The fourth-order valence-corrected chi connectivity index (χ4v) is 1.58. The maximum absolute atomic E-state index is 10.5. The summed E-state index contributed by atoms with van der Waals surface area (Å²) in [6, 6.07) is 0. The number of nitrogens with zero attached hydrogens (tertiary/aromatic N) is 1. The van der Waals surface area contributed by atoms with Gasteiger partial charge in [0.05, 0.1) is 4.75 Å². The molecule has 0 unspecified atom stereocenters. The summed E-state index contributed by atoms with van der Waals surface area (Å²) in [5, 5.41) is 0. The first-order valence-corrected chi connectivity index (χ1v) is 4.71. The van der Waals surface area contributed by atoms with Crippen LogP contribution in [-0.2, 0) is 4.79 Å². The highest BCUT2D eigenvalue weighted by molar-refractivity contribution is 8.01. The van der Waals surface area contributed by atoms with E-state index in [1.165, 1.54) is 0 Å². The molecule has 0 spiro atoms. The van der Waals surface area contributed by atoms with E-state index in [0.29, 0.717) is 0 Å². The Morgan fingerprint density at radius 2 is 2.00 bits per heavy atom. The highest BCUT2D eigenvalue weighted by atomic mass is 32.2. The van der Waals surface area contributed by atoms with Crippen LogP contribution in [0.2, 0.25) is 0 Å². The van der Waals surface area contributed by atoms with Crippen LogP contribution in [-0.4, -0.2) is 42.3 Å². The van der Waals surface area contributed by atoms with Gasteiger partial charge in [-0.25, -0.2) is 0 Å². The van der Waals surface area contributed by atoms with Crippen LogP contribution in [0, 0.1) is 0 Å². The van der Waals surface area contributed by atoms with E-state index in [1.54, 1.807) is 11.8 Å². The van der Waals surface area contributed by atoms with Gasteiger partial charge in [-0.1, -0.05) is 0 Å². The molecule has 0 radical (unpaired) electrons. The second kappa shape index (κ2) is 4.78. The highest BCUT2D eigenvalue weighted by Gasteiger charge is 2.15. The normalized spacial score (nSPS) is 12.1. The Hall–Kier alpha value is -0.0200. The molecule has 0 bridgehead atoms. The minimum Gasteiger partial charge on any atom is -0.309 e. The lowest BCUT2D eigenvalue weighted by atomic mass is 10.2. The van der Waals surface area contributed by atoms with Crippen LogP contribution in [0.5, 0.6) is 0 Å². The number of hydrogen-bond donors (Lipinski definition) is 0. The third-order valence-corrected chi connectivity index (χ3v) is 2.52. The summed E-state index contributed by atoms with van der Waals surface area (Å²) in [5.41, 5.74) is 0. The van der Waals surface area contributed by atoms with Gasteiger partial charge >= 0.3 is 0 Å². The van der Waals surface area contributed by atoms with Crippen molar-refractivity contribution in [2.24, 2.45) is 0 Å². The summed E-state index contributed by atoms with van der Waals surface area (Å²) >= 11 is 1.70. The smallest absolute Gasteiger partial charge is 0.135 e. The first kappa shape index (κ1) is 11.0. The Labute approximate surface area is 73.3 Å². The van der Waals surface area contributed by atoms with E-state index < -0.39 is 0 Å². The zero-order valence-corrected chi connectivity index (χ0v) is 8.57. The number of thioether (sulfide) groups is 1. The van der Waals surface area contributed by atoms with Crippen LogP contribution in [0.4, 0.5) is 0 Å². The van der Waals surface area contributed by atoms with Crippen LogP contribution in [0.25, 0.3) is 0 Å². The molecule has 0 saturated heterocycles. The van der Waals surface area contributed by atoms with Crippen molar-refractivity contribution in [3.05, 3.63) is 0 Å². The molecule has 0 heterocycles. The van der Waals surface area contributed by atoms with Gasteiger partial charge in [-0.05, 0) is 27.9 Å². The molecule has 0 aromatic rings. The standard InChI is InChI=1S/C8H17NOS/c1-8(2,7-10)11-6-5-9(3)4/h7H,5-6H2,1-4H3. The maximum atomic E-state index is 10.5. The van der Waals surface area contributed by atoms with Gasteiger partial charge in [-0.3, -0.25) is 0 Å². The molecule has 0 amide bonds. The van der Waals surface area contributed by atoms with Crippen molar-refractivity contribution >= 4 is 18.0 Å². The average molecular weight is 175 g/mol. The summed E-state index contributed by atoms with van der Waals surface area (Å²) in [5.74, 6) is 1.01. The SMILES string of the molecule is CN(C)CCSC(C)(C)C=O. The molecule has 11 heavy (non-hydrogen) atoms. The van der Waals surface area contributed by atoms with Gasteiger partial charge in [0.15, 0.2) is 0 Å². The molecule has 0 aliphatic carbocycles. The molecular formula is C8H17NOS. The Bertz CT molecular complexity index is 123. The molecule has 0 aliphatic heterocycles. The monoisotopic (exact) mass is 175 g/mol. The zero-order chi connectivity index (χ0) is 8.91. The third-order valence-electron chi connectivity index (χ3n) is 1.30. The van der Waals surface area contributed by atoms with Gasteiger partial charge in [0.2, 0.25) is 0 Å². The predicted molar refractivity (Wildman–Crippen MR) is 51.2 cm³/mol. The number of carbonyl (C=O) groups excluding carboxylic acids is 1. The quantitative estimate of drug-likeness (QED) is 0.587. The lowest BCUT2D eigenvalue weighted by Gasteiger charge is -2.17. The first-order chi connectivity index (χ1) is 4.98. The summed E-state index contributed by atoms with van der Waals surface area (Å²) in [6.45, 7) is 4.92. The molecule has 3 heteroatoms. The van der Waals surface area contributed by atoms with Gasteiger partial charge < -0.3 is 9.69 Å². The minimum atomic E-state index is -0.212. The molecule has 0 aromatic carbocycles. The number of carbonyl (C=O) groups is 1. The summed E-state index contributed by atoms with van der Waals surface area (Å²) < 4.78 is -0.212. The van der Waals surface area contributed by atoms with Gasteiger partial charge in [-0.15, -0.1) is 11.8 Å². The highest BCUT2D eigenvalue weighted by Crippen LogP contribution is 2.20. The molecule has 0 N–H and O–H groups in total. The van der Waals surface area contributed by atoms with E-state index in [1.807, 2.05) is 27.9 Å². The molecule has 0 saturated carbocycles. The van der Waals surface area contributed by atoms with Crippen molar-refractivity contribution < 1.29 is 4.79 Å². The van der Waals surface area contributed by atoms with Gasteiger partial charge in [0.25, 0.3) is 0 Å². The first-order valence-electron chi connectivity index (χ1n) is 3.73. The second-order valence-electron chi connectivity index (χ2n) is 3.37. The van der Waals surface area contributed by atoms with E-state index >= 15 is 0 Å². The third kappa shape index (κ3) is 6.38. The zero-order valence-electron chi connectivity index (χ0n) is 7.76. The fraction of sp³-hybridized carbons (Fsp3) is 0.875. The average Bonchev–Trinajstić information content (AvgIpc) is 1.87. The fourth-order valence-electron chi connectivity index (χ4n) is 0.525. The van der Waals surface area contributed by atoms with E-state index in [4.69, 9.17) is 0 Å². The van der Waals surface area contributed by atoms with E-state index in [-0.39, 0.29) is 4.75 Å². The van der Waals surface area contributed by atoms with E-state index in [9.17, 15) is 4.79 Å². The molecule has 0 atom stereocenters. The van der Waals surface area contributed by atoms with Gasteiger partial charge in [-0.2, -0.15) is 0 Å². The van der Waals surface area contributed by atoms with Crippen LogP contribution in [0.15, 0.2) is 0 Å². The van der Waals surface area contributed by atoms with Gasteiger partial charge in [0, 0.05) is 12.3 Å². The van der Waals surface area contributed by atoms with Gasteiger partial charge in [0.1, 0.15) is 6.29 Å². The van der Waals surface area contributed by atoms with Crippen molar-refractivity contribution in [1.82, 2.24) is 4.90 Å². The topological polar surface area (TPSA) is 20.3 Å². The Balaban J connectivity index is 3.45.